The van der Waals surface area contributed by atoms with Crippen molar-refractivity contribution in [3.05, 3.63) is 28.5 Å². The molecule has 0 saturated heterocycles. The molecule has 2 rings (SSSR count). The van der Waals surface area contributed by atoms with Crippen LogP contribution in [0.2, 0.25) is 5.02 Å². The second-order valence-electron chi connectivity index (χ2n) is 3.69. The zero-order valence-electron chi connectivity index (χ0n) is 8.74. The highest BCUT2D eigenvalue weighted by Crippen LogP contribution is 2.37. The van der Waals surface area contributed by atoms with Gasteiger partial charge < -0.3 is 9.53 Å². The highest BCUT2D eigenvalue weighted by Gasteiger charge is 2.26. The number of likely N-dealkylation sites (N-methyl/N-ethyl adjacent to an activating group) is 1. The molecule has 1 aromatic carbocycles. The van der Waals surface area contributed by atoms with Crippen LogP contribution in [0.4, 0.5) is 4.39 Å². The van der Waals surface area contributed by atoms with Gasteiger partial charge in [-0.1, -0.05) is 17.7 Å². The number of fused-ring (bicyclic) bond motifs is 1. The van der Waals surface area contributed by atoms with Crippen LogP contribution in [0, 0.1) is 5.82 Å². The van der Waals surface area contributed by atoms with Crippen molar-refractivity contribution in [2.75, 3.05) is 20.2 Å². The molecule has 1 heterocycles. The zero-order valence-corrected chi connectivity index (χ0v) is 9.50. The summed E-state index contributed by atoms with van der Waals surface area (Å²) in [4.78, 5) is 12.9. The molecule has 0 aliphatic carbocycles. The lowest BCUT2D eigenvalue weighted by Gasteiger charge is -2.20. The Hall–Kier alpha value is -1.13. The second-order valence-corrected chi connectivity index (χ2v) is 4.07. The maximum Gasteiger partial charge on any atom is 0.146 e. The van der Waals surface area contributed by atoms with Crippen molar-refractivity contribution in [2.24, 2.45) is 0 Å². The van der Waals surface area contributed by atoms with Crippen molar-refractivity contribution in [3.8, 4) is 5.75 Å². The third-order valence-corrected chi connectivity index (χ3v) is 3.05. The quantitative estimate of drug-likeness (QED) is 0.707. The highest BCUT2D eigenvalue weighted by molar-refractivity contribution is 6.32. The molecule has 0 spiro atoms. The first-order chi connectivity index (χ1) is 7.65. The molecular weight excluding hydrogens is 233 g/mol. The number of nitrogens with zero attached hydrogens (tertiary/aromatic N) is 1. The summed E-state index contributed by atoms with van der Waals surface area (Å²) >= 11 is 5.82. The molecule has 1 aliphatic heterocycles. The van der Waals surface area contributed by atoms with Gasteiger partial charge in [0.15, 0.2) is 0 Å². The minimum atomic E-state index is -0.533. The van der Waals surface area contributed by atoms with Crippen LogP contribution < -0.4 is 4.74 Å². The topological polar surface area (TPSA) is 29.5 Å². The van der Waals surface area contributed by atoms with E-state index in [1.54, 1.807) is 0 Å². The first kappa shape index (κ1) is 11.4. The minimum absolute atomic E-state index is 0.0559. The third-order valence-electron chi connectivity index (χ3n) is 2.69. The molecule has 1 atom stereocenters. The SMILES string of the molecule is CN1CCOc2c(ccc(F)c2Cl)C1C=O. The third kappa shape index (κ3) is 1.79. The summed E-state index contributed by atoms with van der Waals surface area (Å²) in [5.74, 6) is -0.252. The van der Waals surface area contributed by atoms with Crippen LogP contribution in [-0.4, -0.2) is 31.4 Å². The van der Waals surface area contributed by atoms with Crippen molar-refractivity contribution in [2.45, 2.75) is 6.04 Å². The minimum Gasteiger partial charge on any atom is -0.490 e. The summed E-state index contributed by atoms with van der Waals surface area (Å²) in [5, 5.41) is -0.0559. The van der Waals surface area contributed by atoms with Gasteiger partial charge in [-0.05, 0) is 13.1 Å². The van der Waals surface area contributed by atoms with Crippen molar-refractivity contribution in [3.63, 3.8) is 0 Å². The highest BCUT2D eigenvalue weighted by atomic mass is 35.5. The van der Waals surface area contributed by atoms with E-state index < -0.39 is 11.9 Å². The fourth-order valence-electron chi connectivity index (χ4n) is 1.77. The van der Waals surface area contributed by atoms with Crippen molar-refractivity contribution in [1.29, 1.82) is 0 Å². The average Bonchev–Trinajstić information content (AvgIpc) is 2.42. The Labute approximate surface area is 97.8 Å². The average molecular weight is 244 g/mol. The lowest BCUT2D eigenvalue weighted by Crippen LogP contribution is -2.27. The molecule has 3 nitrogen and oxygen atoms in total. The number of rotatable bonds is 1. The maximum absolute atomic E-state index is 13.3. The maximum atomic E-state index is 13.3. The van der Waals surface area contributed by atoms with Gasteiger partial charge in [0, 0.05) is 12.1 Å². The molecule has 1 unspecified atom stereocenters. The van der Waals surface area contributed by atoms with Gasteiger partial charge in [-0.3, -0.25) is 4.90 Å². The lowest BCUT2D eigenvalue weighted by molar-refractivity contribution is -0.112. The molecule has 86 valence electrons. The van der Waals surface area contributed by atoms with E-state index in [0.29, 0.717) is 18.7 Å². The van der Waals surface area contributed by atoms with E-state index in [1.807, 2.05) is 11.9 Å². The number of aldehydes is 1. The van der Waals surface area contributed by atoms with E-state index >= 15 is 0 Å². The summed E-state index contributed by atoms with van der Waals surface area (Å²) in [7, 11) is 1.81. The van der Waals surface area contributed by atoms with Crippen LogP contribution in [0.15, 0.2) is 12.1 Å². The van der Waals surface area contributed by atoms with Crippen LogP contribution in [0.1, 0.15) is 11.6 Å². The number of benzene rings is 1. The van der Waals surface area contributed by atoms with E-state index in [4.69, 9.17) is 16.3 Å². The molecule has 0 bridgehead atoms. The first-order valence-corrected chi connectivity index (χ1v) is 5.29. The summed E-state index contributed by atoms with van der Waals surface area (Å²) in [6.07, 6.45) is 0.807. The fourth-order valence-corrected chi connectivity index (χ4v) is 2.00. The smallest absolute Gasteiger partial charge is 0.146 e. The predicted molar refractivity (Wildman–Crippen MR) is 58.3 cm³/mol. The number of carbonyl (C=O) groups excluding carboxylic acids is 1. The van der Waals surface area contributed by atoms with Crippen LogP contribution in [0.5, 0.6) is 5.75 Å². The van der Waals surface area contributed by atoms with E-state index in [9.17, 15) is 9.18 Å². The van der Waals surface area contributed by atoms with Gasteiger partial charge in [-0.15, -0.1) is 0 Å². The molecule has 16 heavy (non-hydrogen) atoms. The van der Waals surface area contributed by atoms with E-state index in [2.05, 4.69) is 0 Å². The molecule has 5 heteroatoms. The largest absolute Gasteiger partial charge is 0.490 e. The van der Waals surface area contributed by atoms with Crippen LogP contribution in [-0.2, 0) is 4.79 Å². The van der Waals surface area contributed by atoms with Crippen molar-refractivity contribution >= 4 is 17.9 Å². The second kappa shape index (κ2) is 4.39. The normalized spacial score (nSPS) is 20.8. The molecule has 0 aromatic heterocycles. The van der Waals surface area contributed by atoms with Gasteiger partial charge >= 0.3 is 0 Å². The first-order valence-electron chi connectivity index (χ1n) is 4.91. The molecule has 0 radical (unpaired) electrons. The number of hydrogen-bond donors (Lipinski definition) is 0. The summed E-state index contributed by atoms with van der Waals surface area (Å²) in [6.45, 7) is 0.979. The molecule has 0 amide bonds. The molecular formula is C11H11ClFNO2. The molecule has 1 aromatic rings. The van der Waals surface area contributed by atoms with Crippen LogP contribution in [0.3, 0.4) is 0 Å². The Balaban J connectivity index is 2.56. The predicted octanol–water partition coefficient (Wildman–Crippen LogP) is 2.04. The standard InChI is InChI=1S/C11H11ClFNO2/c1-14-4-5-16-11-7(9(14)6-15)2-3-8(13)10(11)12/h2-3,6,9H,4-5H2,1H3. The molecule has 0 fully saturated rings. The number of halogens is 2. The number of carbonyl (C=O) groups is 1. The number of ether oxygens (including phenoxy) is 1. The zero-order chi connectivity index (χ0) is 11.7. The van der Waals surface area contributed by atoms with E-state index in [0.717, 1.165) is 6.29 Å². The van der Waals surface area contributed by atoms with Gasteiger partial charge in [0.1, 0.15) is 29.5 Å². The molecule has 1 aliphatic rings. The molecule has 0 N–H and O–H groups in total. The Morgan fingerprint density at radius 1 is 1.62 bits per heavy atom. The van der Waals surface area contributed by atoms with E-state index in [1.165, 1.54) is 12.1 Å². The van der Waals surface area contributed by atoms with Gasteiger partial charge in [0.25, 0.3) is 0 Å². The van der Waals surface area contributed by atoms with Gasteiger partial charge in [0.05, 0.1) is 6.04 Å². The van der Waals surface area contributed by atoms with Crippen molar-refractivity contribution in [1.82, 2.24) is 4.90 Å². The Morgan fingerprint density at radius 3 is 3.06 bits per heavy atom. The summed E-state index contributed by atoms with van der Waals surface area (Å²) < 4.78 is 18.6. The summed E-state index contributed by atoms with van der Waals surface area (Å²) in [6, 6.07) is 2.35. The lowest BCUT2D eigenvalue weighted by atomic mass is 10.1. The monoisotopic (exact) mass is 243 g/mol. The Bertz CT molecular complexity index is 425. The van der Waals surface area contributed by atoms with Gasteiger partial charge in [-0.25, -0.2) is 4.39 Å². The fraction of sp³-hybridized carbons (Fsp3) is 0.364. The Morgan fingerprint density at radius 2 is 2.38 bits per heavy atom. The Kier molecular flexibility index (Phi) is 3.12. The summed E-state index contributed by atoms with van der Waals surface area (Å²) in [5.41, 5.74) is 0.612. The van der Waals surface area contributed by atoms with Gasteiger partial charge in [-0.2, -0.15) is 0 Å². The van der Waals surface area contributed by atoms with Crippen molar-refractivity contribution < 1.29 is 13.9 Å². The van der Waals surface area contributed by atoms with E-state index in [-0.39, 0.29) is 10.8 Å². The van der Waals surface area contributed by atoms with Crippen LogP contribution >= 0.6 is 11.6 Å². The number of hydrogen-bond acceptors (Lipinski definition) is 3. The van der Waals surface area contributed by atoms with Gasteiger partial charge in [0.2, 0.25) is 0 Å². The van der Waals surface area contributed by atoms with Crippen LogP contribution in [0.25, 0.3) is 0 Å². The molecule has 0 saturated carbocycles.